The Labute approximate surface area is 126 Å². The molecule has 4 N–H and O–H groups in total. The molecule has 1 fully saturated rings. The lowest BCUT2D eigenvalue weighted by molar-refractivity contribution is -0.125. The van der Waals surface area contributed by atoms with Gasteiger partial charge < -0.3 is 16.4 Å². The maximum Gasteiger partial charge on any atom is 0.223 e. The number of nitrogens with one attached hydrogen (secondary N) is 2. The van der Waals surface area contributed by atoms with E-state index in [9.17, 15) is 4.79 Å². The van der Waals surface area contributed by atoms with Crippen LogP contribution >= 0.6 is 0 Å². The van der Waals surface area contributed by atoms with E-state index in [1.807, 2.05) is 19.1 Å². The molecule has 5 heteroatoms. The normalized spacial score (nSPS) is 15.7. The van der Waals surface area contributed by atoms with Gasteiger partial charge in [-0.1, -0.05) is 19.3 Å². The summed E-state index contributed by atoms with van der Waals surface area (Å²) in [5, 5.41) is 6.29. The third-order valence-corrected chi connectivity index (χ3v) is 4.06. The lowest BCUT2D eigenvalue weighted by Gasteiger charge is -2.20. The largest absolute Gasteiger partial charge is 0.397 e. The van der Waals surface area contributed by atoms with E-state index in [-0.39, 0.29) is 11.8 Å². The molecule has 0 aliphatic heterocycles. The van der Waals surface area contributed by atoms with E-state index in [0.717, 1.165) is 43.9 Å². The number of rotatable bonds is 6. The summed E-state index contributed by atoms with van der Waals surface area (Å²) in [4.78, 5) is 16.3. The summed E-state index contributed by atoms with van der Waals surface area (Å²) in [6.07, 6.45) is 6.67. The molecule has 0 unspecified atom stereocenters. The van der Waals surface area contributed by atoms with Crippen LogP contribution in [0.4, 0.5) is 11.5 Å². The van der Waals surface area contributed by atoms with Crippen LogP contribution in [-0.2, 0) is 4.79 Å². The minimum absolute atomic E-state index is 0.233. The zero-order valence-corrected chi connectivity index (χ0v) is 12.8. The van der Waals surface area contributed by atoms with Crippen LogP contribution in [-0.4, -0.2) is 24.0 Å². The zero-order chi connectivity index (χ0) is 15.1. The molecule has 1 heterocycles. The monoisotopic (exact) mass is 290 g/mol. The Hall–Kier alpha value is -1.78. The fourth-order valence-electron chi connectivity index (χ4n) is 2.70. The molecule has 0 saturated heterocycles. The number of pyridine rings is 1. The van der Waals surface area contributed by atoms with Crippen LogP contribution in [0.15, 0.2) is 12.1 Å². The summed E-state index contributed by atoms with van der Waals surface area (Å²) in [7, 11) is 0. The third-order valence-electron chi connectivity index (χ3n) is 4.06. The Balaban J connectivity index is 1.61. The lowest BCUT2D eigenvalue weighted by Crippen LogP contribution is -2.33. The van der Waals surface area contributed by atoms with Crippen molar-refractivity contribution >= 4 is 17.4 Å². The van der Waals surface area contributed by atoms with Crippen molar-refractivity contribution in [1.82, 2.24) is 10.3 Å². The number of aryl methyl sites for hydroxylation is 1. The van der Waals surface area contributed by atoms with E-state index in [2.05, 4.69) is 15.6 Å². The van der Waals surface area contributed by atoms with Crippen molar-refractivity contribution in [2.24, 2.45) is 5.92 Å². The number of nitrogens with two attached hydrogens (primary N) is 1. The minimum atomic E-state index is 0.233. The van der Waals surface area contributed by atoms with Crippen molar-refractivity contribution in [2.75, 3.05) is 24.1 Å². The number of aromatic nitrogens is 1. The van der Waals surface area contributed by atoms with Gasteiger partial charge in [0.1, 0.15) is 5.82 Å². The number of anilines is 2. The molecule has 116 valence electrons. The Kier molecular flexibility index (Phi) is 5.84. The Morgan fingerprint density at radius 1 is 1.29 bits per heavy atom. The molecule has 1 saturated carbocycles. The van der Waals surface area contributed by atoms with Crippen molar-refractivity contribution in [3.63, 3.8) is 0 Å². The van der Waals surface area contributed by atoms with Crippen LogP contribution in [0.25, 0.3) is 0 Å². The second kappa shape index (κ2) is 7.86. The number of hydrogen-bond donors (Lipinski definition) is 3. The summed E-state index contributed by atoms with van der Waals surface area (Å²) >= 11 is 0. The fraction of sp³-hybridized carbons (Fsp3) is 0.625. The first kappa shape index (κ1) is 15.6. The van der Waals surface area contributed by atoms with Gasteiger partial charge in [-0.05, 0) is 38.3 Å². The Bertz CT molecular complexity index is 469. The highest BCUT2D eigenvalue weighted by Crippen LogP contribution is 2.23. The maximum atomic E-state index is 12.0. The number of amides is 1. The second-order valence-corrected chi connectivity index (χ2v) is 5.78. The molecule has 0 aromatic carbocycles. The molecule has 2 rings (SSSR count). The molecule has 1 amide bonds. The highest BCUT2D eigenvalue weighted by atomic mass is 16.1. The van der Waals surface area contributed by atoms with Crippen molar-refractivity contribution < 1.29 is 4.79 Å². The van der Waals surface area contributed by atoms with Gasteiger partial charge in [0.25, 0.3) is 0 Å². The van der Waals surface area contributed by atoms with E-state index in [1.165, 1.54) is 19.3 Å². The molecule has 1 aliphatic rings. The smallest absolute Gasteiger partial charge is 0.223 e. The summed E-state index contributed by atoms with van der Waals surface area (Å²) in [5.41, 5.74) is 7.28. The third kappa shape index (κ3) is 4.92. The number of carbonyl (C=O) groups is 1. The lowest BCUT2D eigenvalue weighted by atomic mass is 9.89. The summed E-state index contributed by atoms with van der Waals surface area (Å²) in [5.74, 6) is 1.31. The van der Waals surface area contributed by atoms with Gasteiger partial charge >= 0.3 is 0 Å². The first-order chi connectivity index (χ1) is 10.2. The van der Waals surface area contributed by atoms with Crippen molar-refractivity contribution in [1.29, 1.82) is 0 Å². The van der Waals surface area contributed by atoms with Gasteiger partial charge in [0.05, 0.1) is 11.4 Å². The zero-order valence-electron chi connectivity index (χ0n) is 12.8. The standard InChI is InChI=1S/C16H26N4O/c1-12-14(17)8-9-15(20-12)18-10-5-11-19-16(21)13-6-3-2-4-7-13/h8-9,13H,2-7,10-11,17H2,1H3,(H,18,20)(H,19,21). The van der Waals surface area contributed by atoms with Gasteiger partial charge in [-0.2, -0.15) is 0 Å². The number of carbonyl (C=O) groups excluding carboxylic acids is 1. The van der Waals surface area contributed by atoms with E-state index >= 15 is 0 Å². The maximum absolute atomic E-state index is 12.0. The topological polar surface area (TPSA) is 80.0 Å². The van der Waals surface area contributed by atoms with E-state index in [0.29, 0.717) is 5.69 Å². The first-order valence-corrected chi connectivity index (χ1v) is 7.91. The summed E-state index contributed by atoms with van der Waals surface area (Å²) in [6, 6.07) is 3.73. The molecule has 0 radical (unpaired) electrons. The Morgan fingerprint density at radius 3 is 2.76 bits per heavy atom. The number of nitrogens with zero attached hydrogens (tertiary/aromatic N) is 1. The molecule has 21 heavy (non-hydrogen) atoms. The van der Waals surface area contributed by atoms with Gasteiger partial charge in [0.15, 0.2) is 0 Å². The molecular formula is C16H26N4O. The van der Waals surface area contributed by atoms with Gasteiger partial charge in [-0.15, -0.1) is 0 Å². The van der Waals surface area contributed by atoms with Crippen LogP contribution in [0.5, 0.6) is 0 Å². The van der Waals surface area contributed by atoms with Crippen LogP contribution in [0, 0.1) is 12.8 Å². The van der Waals surface area contributed by atoms with E-state index in [1.54, 1.807) is 0 Å². The molecule has 5 nitrogen and oxygen atoms in total. The van der Waals surface area contributed by atoms with E-state index in [4.69, 9.17) is 5.73 Å². The van der Waals surface area contributed by atoms with Gasteiger partial charge in [0.2, 0.25) is 5.91 Å². The fourth-order valence-corrected chi connectivity index (χ4v) is 2.70. The first-order valence-electron chi connectivity index (χ1n) is 7.91. The average molecular weight is 290 g/mol. The predicted molar refractivity (Wildman–Crippen MR) is 86.1 cm³/mol. The van der Waals surface area contributed by atoms with Gasteiger partial charge in [-0.25, -0.2) is 4.98 Å². The van der Waals surface area contributed by atoms with Crippen LogP contribution < -0.4 is 16.4 Å². The highest BCUT2D eigenvalue weighted by molar-refractivity contribution is 5.78. The average Bonchev–Trinajstić information content (AvgIpc) is 2.51. The minimum Gasteiger partial charge on any atom is -0.397 e. The molecule has 1 aromatic rings. The van der Waals surface area contributed by atoms with Gasteiger partial charge in [-0.3, -0.25) is 4.79 Å². The van der Waals surface area contributed by atoms with Crippen LogP contribution in [0.2, 0.25) is 0 Å². The number of hydrogen-bond acceptors (Lipinski definition) is 4. The van der Waals surface area contributed by atoms with Crippen LogP contribution in [0.3, 0.4) is 0 Å². The predicted octanol–water partition coefficient (Wildman–Crippen LogP) is 2.47. The highest BCUT2D eigenvalue weighted by Gasteiger charge is 2.20. The quantitative estimate of drug-likeness (QED) is 0.703. The SMILES string of the molecule is Cc1nc(NCCCNC(=O)C2CCCCC2)ccc1N. The van der Waals surface area contributed by atoms with Gasteiger partial charge in [0, 0.05) is 19.0 Å². The molecule has 0 atom stereocenters. The van der Waals surface area contributed by atoms with Crippen molar-refractivity contribution in [2.45, 2.75) is 45.4 Å². The number of nitrogen functional groups attached to an aromatic ring is 1. The molecule has 1 aromatic heterocycles. The molecule has 1 aliphatic carbocycles. The van der Waals surface area contributed by atoms with E-state index < -0.39 is 0 Å². The Morgan fingerprint density at radius 2 is 2.05 bits per heavy atom. The molecular weight excluding hydrogens is 264 g/mol. The van der Waals surface area contributed by atoms with Crippen LogP contribution in [0.1, 0.15) is 44.2 Å². The second-order valence-electron chi connectivity index (χ2n) is 5.78. The van der Waals surface area contributed by atoms with Crippen molar-refractivity contribution in [3.8, 4) is 0 Å². The van der Waals surface area contributed by atoms with Crippen molar-refractivity contribution in [3.05, 3.63) is 17.8 Å². The molecule has 0 bridgehead atoms. The molecule has 0 spiro atoms. The summed E-state index contributed by atoms with van der Waals surface area (Å²) < 4.78 is 0. The summed E-state index contributed by atoms with van der Waals surface area (Å²) in [6.45, 7) is 3.41.